The molecule has 1 atom stereocenters. The Balaban J connectivity index is 1.24. The predicted molar refractivity (Wildman–Crippen MR) is 129 cm³/mol. The first-order valence-electron chi connectivity index (χ1n) is 11.0. The molecule has 1 unspecified atom stereocenters. The number of aromatic carboxylic acids is 1. The van der Waals surface area contributed by atoms with Gasteiger partial charge in [0.2, 0.25) is 15.9 Å². The highest BCUT2D eigenvalue weighted by atomic mass is 32.2. The number of nitrogens with zero attached hydrogens (tertiary/aromatic N) is 4. The molecule has 0 saturated carbocycles. The zero-order valence-corrected chi connectivity index (χ0v) is 20.0. The summed E-state index contributed by atoms with van der Waals surface area (Å²) in [5.74, 6) is -1.73. The summed E-state index contributed by atoms with van der Waals surface area (Å²) in [7, 11) is -3.96. The Bertz CT molecular complexity index is 1340. The number of sulfonamides is 1. The SMILES string of the molecule is O=C(O)c1sccc1S(=O)(=O)N1CCC(C(=O)N2CCN(c3ccnc4ccccc34)CC2)C1. The molecule has 0 spiro atoms. The van der Waals surface area contributed by atoms with E-state index in [1.54, 1.807) is 6.20 Å². The van der Waals surface area contributed by atoms with E-state index in [2.05, 4.69) is 9.88 Å². The smallest absolute Gasteiger partial charge is 0.347 e. The molecule has 2 aliphatic heterocycles. The van der Waals surface area contributed by atoms with Crippen LogP contribution < -0.4 is 4.90 Å². The normalized spacial score (nSPS) is 19.6. The monoisotopic (exact) mass is 500 g/mol. The lowest BCUT2D eigenvalue weighted by Gasteiger charge is -2.37. The quantitative estimate of drug-likeness (QED) is 0.572. The molecule has 2 saturated heterocycles. The number of aromatic nitrogens is 1. The number of fused-ring (bicyclic) bond motifs is 1. The lowest BCUT2D eigenvalue weighted by molar-refractivity contribution is -0.135. The Morgan fingerprint density at radius 3 is 2.56 bits per heavy atom. The summed E-state index contributed by atoms with van der Waals surface area (Å²) >= 11 is 0.883. The van der Waals surface area contributed by atoms with Crippen LogP contribution in [0.2, 0.25) is 0 Å². The zero-order chi connectivity index (χ0) is 23.9. The minimum absolute atomic E-state index is 0.0410. The number of thiophene rings is 1. The maximum absolute atomic E-state index is 13.2. The second-order valence-electron chi connectivity index (χ2n) is 8.43. The van der Waals surface area contributed by atoms with E-state index in [9.17, 15) is 23.1 Å². The average Bonchev–Trinajstić information content (AvgIpc) is 3.55. The maximum atomic E-state index is 13.2. The number of hydrogen-bond acceptors (Lipinski definition) is 7. The fourth-order valence-corrected chi connectivity index (χ4v) is 7.46. The first-order valence-corrected chi connectivity index (χ1v) is 13.4. The van der Waals surface area contributed by atoms with Gasteiger partial charge in [0.15, 0.2) is 0 Å². The number of piperazine rings is 1. The van der Waals surface area contributed by atoms with Crippen LogP contribution in [0.5, 0.6) is 0 Å². The van der Waals surface area contributed by atoms with Crippen LogP contribution >= 0.6 is 11.3 Å². The van der Waals surface area contributed by atoms with Crippen LogP contribution in [0.4, 0.5) is 5.69 Å². The number of carbonyl (C=O) groups is 2. The number of amides is 1. The van der Waals surface area contributed by atoms with Crippen molar-refractivity contribution in [2.45, 2.75) is 11.3 Å². The standard InChI is InChI=1S/C23H24N4O5S2/c28-22(16-6-9-27(15-16)34(31,32)20-7-14-33-21(20)23(29)30)26-12-10-25(11-13-26)19-5-8-24-18-4-2-1-3-17(18)19/h1-5,7-8,14,16H,6,9-13,15H2,(H,29,30). The molecule has 2 aromatic heterocycles. The molecule has 0 bridgehead atoms. The van der Waals surface area contributed by atoms with Crippen molar-refractivity contribution >= 4 is 49.8 Å². The predicted octanol–water partition coefficient (Wildman–Crippen LogP) is 2.35. The Morgan fingerprint density at radius 2 is 1.79 bits per heavy atom. The topological polar surface area (TPSA) is 111 Å². The van der Waals surface area contributed by atoms with Gasteiger partial charge in [0.25, 0.3) is 0 Å². The highest BCUT2D eigenvalue weighted by Gasteiger charge is 2.39. The third kappa shape index (κ3) is 4.04. The molecule has 4 heterocycles. The van der Waals surface area contributed by atoms with Gasteiger partial charge in [-0.2, -0.15) is 4.31 Å². The summed E-state index contributed by atoms with van der Waals surface area (Å²) in [4.78, 5) is 32.6. The van der Waals surface area contributed by atoms with E-state index in [0.717, 1.165) is 27.9 Å². The number of carbonyl (C=O) groups excluding carboxylic acids is 1. The van der Waals surface area contributed by atoms with E-state index in [-0.39, 0.29) is 28.8 Å². The van der Waals surface area contributed by atoms with Crippen molar-refractivity contribution in [3.05, 3.63) is 52.9 Å². The molecule has 5 rings (SSSR count). The first-order chi connectivity index (χ1) is 16.4. The molecule has 0 radical (unpaired) electrons. The van der Waals surface area contributed by atoms with Crippen molar-refractivity contribution in [3.63, 3.8) is 0 Å². The van der Waals surface area contributed by atoms with Crippen molar-refractivity contribution in [1.82, 2.24) is 14.2 Å². The number of pyridine rings is 1. The van der Waals surface area contributed by atoms with Crippen LogP contribution in [0.3, 0.4) is 0 Å². The molecule has 3 aromatic rings. The molecular weight excluding hydrogens is 476 g/mol. The van der Waals surface area contributed by atoms with Crippen LogP contribution in [-0.2, 0) is 14.8 Å². The number of anilines is 1. The van der Waals surface area contributed by atoms with Crippen LogP contribution in [0.25, 0.3) is 10.9 Å². The van der Waals surface area contributed by atoms with Gasteiger partial charge in [-0.25, -0.2) is 13.2 Å². The van der Waals surface area contributed by atoms with Gasteiger partial charge in [-0.15, -0.1) is 11.3 Å². The maximum Gasteiger partial charge on any atom is 0.347 e. The fraction of sp³-hybridized carbons (Fsp3) is 0.348. The second kappa shape index (κ2) is 8.97. The second-order valence-corrected chi connectivity index (χ2v) is 11.2. The number of benzene rings is 1. The van der Waals surface area contributed by atoms with Crippen LogP contribution in [0.15, 0.2) is 52.9 Å². The van der Waals surface area contributed by atoms with Crippen molar-refractivity contribution in [3.8, 4) is 0 Å². The number of carboxylic acids is 1. The molecule has 178 valence electrons. The molecule has 0 aliphatic carbocycles. The van der Waals surface area contributed by atoms with Crippen molar-refractivity contribution in [2.24, 2.45) is 5.92 Å². The van der Waals surface area contributed by atoms with Crippen molar-refractivity contribution in [1.29, 1.82) is 0 Å². The minimum Gasteiger partial charge on any atom is -0.477 e. The zero-order valence-electron chi connectivity index (χ0n) is 18.3. The van der Waals surface area contributed by atoms with Crippen LogP contribution in [0, 0.1) is 5.92 Å². The van der Waals surface area contributed by atoms with E-state index in [1.165, 1.54) is 15.8 Å². The van der Waals surface area contributed by atoms with Crippen LogP contribution in [0.1, 0.15) is 16.1 Å². The van der Waals surface area contributed by atoms with Crippen molar-refractivity contribution in [2.75, 3.05) is 44.2 Å². The highest BCUT2D eigenvalue weighted by molar-refractivity contribution is 7.89. The molecule has 11 heteroatoms. The summed E-state index contributed by atoms with van der Waals surface area (Å²) in [6.07, 6.45) is 2.23. The van der Waals surface area contributed by atoms with Gasteiger partial charge < -0.3 is 14.9 Å². The molecule has 1 aromatic carbocycles. The Labute approximate surface area is 201 Å². The van der Waals surface area contributed by atoms with Gasteiger partial charge in [0.05, 0.1) is 11.4 Å². The van der Waals surface area contributed by atoms with Gasteiger partial charge in [-0.05, 0) is 30.0 Å². The Kier molecular flexibility index (Phi) is 6.00. The first kappa shape index (κ1) is 22.8. The molecule has 1 N–H and O–H groups in total. The third-order valence-electron chi connectivity index (χ3n) is 6.50. The lowest BCUT2D eigenvalue weighted by atomic mass is 10.1. The van der Waals surface area contributed by atoms with Gasteiger partial charge in [0.1, 0.15) is 9.77 Å². The lowest BCUT2D eigenvalue weighted by Crippen LogP contribution is -2.50. The largest absolute Gasteiger partial charge is 0.477 e. The van der Waals surface area contributed by atoms with E-state index in [1.807, 2.05) is 35.2 Å². The Hall–Kier alpha value is -3.02. The molecule has 2 fully saturated rings. The summed E-state index contributed by atoms with van der Waals surface area (Å²) in [6.45, 7) is 2.78. The molecular formula is C23H24N4O5S2. The fourth-order valence-electron chi connectivity index (χ4n) is 4.73. The van der Waals surface area contributed by atoms with Crippen LogP contribution in [-0.4, -0.2) is 78.9 Å². The summed E-state index contributed by atoms with van der Waals surface area (Å²) in [6, 6.07) is 11.3. The minimum atomic E-state index is -3.96. The number of carboxylic acid groups (broad SMARTS) is 1. The van der Waals surface area contributed by atoms with E-state index in [4.69, 9.17) is 0 Å². The summed E-state index contributed by atoms with van der Waals surface area (Å²) < 4.78 is 27.2. The highest BCUT2D eigenvalue weighted by Crippen LogP contribution is 2.31. The summed E-state index contributed by atoms with van der Waals surface area (Å²) in [5, 5.41) is 11.8. The van der Waals surface area contributed by atoms with E-state index >= 15 is 0 Å². The third-order valence-corrected chi connectivity index (χ3v) is 9.44. The molecule has 9 nitrogen and oxygen atoms in total. The van der Waals surface area contributed by atoms with Crippen molar-refractivity contribution < 1.29 is 23.1 Å². The van der Waals surface area contributed by atoms with Gasteiger partial charge >= 0.3 is 5.97 Å². The Morgan fingerprint density at radius 1 is 1.03 bits per heavy atom. The molecule has 1 amide bonds. The van der Waals surface area contributed by atoms with E-state index in [0.29, 0.717) is 32.6 Å². The summed E-state index contributed by atoms with van der Waals surface area (Å²) in [5.41, 5.74) is 2.03. The average molecular weight is 501 g/mol. The van der Waals surface area contributed by atoms with Gasteiger partial charge in [-0.1, -0.05) is 18.2 Å². The van der Waals surface area contributed by atoms with Gasteiger partial charge in [0, 0.05) is 56.5 Å². The molecule has 2 aliphatic rings. The molecule has 34 heavy (non-hydrogen) atoms. The number of hydrogen-bond donors (Lipinski definition) is 1. The number of para-hydroxylation sites is 1. The van der Waals surface area contributed by atoms with E-state index < -0.39 is 21.9 Å². The number of rotatable bonds is 5. The van der Waals surface area contributed by atoms with Gasteiger partial charge in [-0.3, -0.25) is 9.78 Å².